The molecule has 2 fully saturated rings. The summed E-state index contributed by atoms with van der Waals surface area (Å²) in [5.74, 6) is 0.449. The summed E-state index contributed by atoms with van der Waals surface area (Å²) in [6.07, 6.45) is 4.23. The predicted molar refractivity (Wildman–Crippen MR) is 345 cm³/mol. The van der Waals surface area contributed by atoms with E-state index in [0.717, 1.165) is 18.4 Å². The first-order valence-electron chi connectivity index (χ1n) is 31.5. The second-order valence-corrected chi connectivity index (χ2v) is 22.0. The molecule has 6 amide bonds. The number of amides is 6. The summed E-state index contributed by atoms with van der Waals surface area (Å²) in [7, 11) is 7.70. The molecule has 1 aromatic heterocycles. The number of carbonyl (C=O) groups excluding carboxylic acids is 6. The molecule has 510 valence electrons. The van der Waals surface area contributed by atoms with Gasteiger partial charge in [-0.15, -0.1) is 0 Å². The van der Waals surface area contributed by atoms with E-state index in [2.05, 4.69) is 26.4 Å². The number of piperidine rings is 1. The number of ether oxygens (including phenoxy) is 12. The van der Waals surface area contributed by atoms with Crippen molar-refractivity contribution in [2.45, 2.75) is 76.0 Å². The zero-order chi connectivity index (χ0) is 67.5. The van der Waals surface area contributed by atoms with Crippen LogP contribution in [0.5, 0.6) is 40.2 Å². The number of hydrogen-bond donors (Lipinski definition) is 4. The molecule has 95 heavy (non-hydrogen) atoms. The minimum atomic E-state index is -0.986. The molecule has 0 saturated carbocycles. The molecule has 0 aliphatic carbocycles. The average Bonchev–Trinajstić information content (AvgIpc) is 1.73. The van der Waals surface area contributed by atoms with Gasteiger partial charge in [0.25, 0.3) is 11.8 Å². The van der Waals surface area contributed by atoms with E-state index in [1.54, 1.807) is 96.7 Å². The van der Waals surface area contributed by atoms with Gasteiger partial charge in [-0.1, -0.05) is 31.2 Å². The smallest absolute Gasteiger partial charge is 0.329 e. The number of esters is 1. The van der Waals surface area contributed by atoms with Crippen LogP contribution in [0.3, 0.4) is 0 Å². The van der Waals surface area contributed by atoms with E-state index >= 15 is 0 Å². The van der Waals surface area contributed by atoms with Crippen LogP contribution in [-0.4, -0.2) is 178 Å². The van der Waals surface area contributed by atoms with Crippen LogP contribution in [0.25, 0.3) is 16.9 Å². The van der Waals surface area contributed by atoms with Crippen molar-refractivity contribution < 1.29 is 90.0 Å². The van der Waals surface area contributed by atoms with Gasteiger partial charge in [-0.2, -0.15) is 5.10 Å². The number of nitrogens with zero attached hydrogens (tertiary/aromatic N) is 3. The molecule has 4 atom stereocenters. The van der Waals surface area contributed by atoms with Crippen molar-refractivity contribution in [3.63, 3.8) is 0 Å². The number of imide groups is 1. The van der Waals surface area contributed by atoms with Crippen LogP contribution in [-0.2, 0) is 54.1 Å². The fraction of sp³-hybridized carbons (Fsp3) is 0.435. The molecule has 4 N–H and O–H groups in total. The quantitative estimate of drug-likeness (QED) is 0.0165. The van der Waals surface area contributed by atoms with Crippen molar-refractivity contribution in [1.29, 1.82) is 0 Å². The summed E-state index contributed by atoms with van der Waals surface area (Å²) < 4.78 is 83.6. The molecule has 2 aliphatic rings. The Morgan fingerprint density at radius 3 is 1.98 bits per heavy atom. The lowest BCUT2D eigenvalue weighted by molar-refractivity contribution is -0.162. The molecule has 2 saturated heterocycles. The van der Waals surface area contributed by atoms with E-state index in [9.17, 15) is 33.2 Å². The normalized spacial score (nSPS) is 15.0. The van der Waals surface area contributed by atoms with Crippen LogP contribution in [0.15, 0.2) is 109 Å². The van der Waals surface area contributed by atoms with Crippen molar-refractivity contribution in [3.05, 3.63) is 137 Å². The maximum Gasteiger partial charge on any atom is 0.329 e. The Labute approximate surface area is 551 Å². The number of urea groups is 1. The Hall–Kier alpha value is -9.50. The predicted octanol–water partition coefficient (Wildman–Crippen LogP) is 7.54. The number of aryl methyl sites for hydroxylation is 1. The standard InChI is InChI=1S/C69H84FN7O18/c1-7-53(48-40-59(86-4)65(88-6)60(41-48)87-5)67(81)76-28-9-8-16-55(76)68(82)95-56(23-17-45-18-24-57(84-2)58(38-45)85-3)47-12-10-14-51(39-47)94-44-62(79)72-26-30-90-33-35-92-37-36-91-34-32-89-29-25-61(78)71-27-31-93-52-15-11-13-50(42-52)77-43-54(64-66(80)74-69(83)73-64)63(75-77)46-19-21-49(70)22-20-46/h10-15,18-22,24,38-43,53,55-56,64H,7-9,16-17,23,25-37,44H2,1-6H3,(H,71,78)(H,72,79)(H2,73,74,80,83)/t53-,55-,56-,64?/m0/s1. The Morgan fingerprint density at radius 1 is 0.663 bits per heavy atom. The second-order valence-electron chi connectivity index (χ2n) is 22.0. The third-order valence-electron chi connectivity index (χ3n) is 15.7. The van der Waals surface area contributed by atoms with Crippen LogP contribution in [0.2, 0.25) is 0 Å². The van der Waals surface area contributed by atoms with Crippen LogP contribution in [0.1, 0.15) is 85.8 Å². The zero-order valence-corrected chi connectivity index (χ0v) is 54.4. The summed E-state index contributed by atoms with van der Waals surface area (Å²) in [5, 5.41) is 15.1. The second kappa shape index (κ2) is 36.8. The number of rotatable bonds is 39. The van der Waals surface area contributed by atoms with Crippen LogP contribution >= 0.6 is 0 Å². The first kappa shape index (κ1) is 71.4. The molecule has 1 unspecified atom stereocenters. The van der Waals surface area contributed by atoms with E-state index in [4.69, 9.17) is 56.8 Å². The summed E-state index contributed by atoms with van der Waals surface area (Å²) in [6.45, 7) is 5.01. The molecule has 5 aromatic carbocycles. The van der Waals surface area contributed by atoms with Gasteiger partial charge in [0.1, 0.15) is 42.1 Å². The van der Waals surface area contributed by atoms with Crippen molar-refractivity contribution in [2.24, 2.45) is 0 Å². The van der Waals surface area contributed by atoms with E-state index in [1.807, 2.05) is 31.2 Å². The van der Waals surface area contributed by atoms with Gasteiger partial charge in [0.15, 0.2) is 29.6 Å². The molecular weight excluding hydrogens is 1230 g/mol. The molecule has 25 nitrogen and oxygen atoms in total. The molecule has 0 bridgehead atoms. The highest BCUT2D eigenvalue weighted by molar-refractivity contribution is 6.05. The third kappa shape index (κ3) is 20.5. The van der Waals surface area contributed by atoms with Gasteiger partial charge >= 0.3 is 12.0 Å². The largest absolute Gasteiger partial charge is 0.493 e. The first-order chi connectivity index (χ1) is 46.2. The summed E-state index contributed by atoms with van der Waals surface area (Å²) in [4.78, 5) is 80.5. The highest BCUT2D eigenvalue weighted by Crippen LogP contribution is 2.42. The van der Waals surface area contributed by atoms with E-state index in [0.29, 0.717) is 139 Å². The molecular formula is C69H84FN7O18. The van der Waals surface area contributed by atoms with Crippen molar-refractivity contribution in [1.82, 2.24) is 35.9 Å². The maximum absolute atomic E-state index is 14.6. The highest BCUT2D eigenvalue weighted by Gasteiger charge is 2.39. The Balaban J connectivity index is 0.690. The Morgan fingerprint density at radius 2 is 1.32 bits per heavy atom. The fourth-order valence-electron chi connectivity index (χ4n) is 10.9. The number of likely N-dealkylation sites (tertiary alicyclic amines) is 1. The third-order valence-corrected chi connectivity index (χ3v) is 15.7. The fourth-order valence-corrected chi connectivity index (χ4v) is 10.9. The van der Waals surface area contributed by atoms with Gasteiger partial charge < -0.3 is 77.7 Å². The summed E-state index contributed by atoms with van der Waals surface area (Å²) in [6, 6.07) is 26.5. The molecule has 0 spiro atoms. The van der Waals surface area contributed by atoms with Crippen LogP contribution < -0.4 is 54.4 Å². The minimum Gasteiger partial charge on any atom is -0.493 e. The number of nitrogens with one attached hydrogen (secondary N) is 4. The Kier molecular flexibility index (Phi) is 27.7. The number of aromatic nitrogens is 2. The van der Waals surface area contributed by atoms with Gasteiger partial charge in [0.2, 0.25) is 17.6 Å². The lowest BCUT2D eigenvalue weighted by Gasteiger charge is -2.37. The van der Waals surface area contributed by atoms with Crippen LogP contribution in [0.4, 0.5) is 9.18 Å². The molecule has 26 heteroatoms. The lowest BCUT2D eigenvalue weighted by Crippen LogP contribution is -2.50. The molecule has 0 radical (unpaired) electrons. The number of carbonyl (C=O) groups is 6. The molecule has 6 aromatic rings. The van der Waals surface area contributed by atoms with Gasteiger partial charge in [0, 0.05) is 42.9 Å². The van der Waals surface area contributed by atoms with Crippen molar-refractivity contribution >= 4 is 35.6 Å². The molecule has 2 aliphatic heterocycles. The first-order valence-corrected chi connectivity index (χ1v) is 31.5. The molecule has 8 rings (SSSR count). The van der Waals surface area contributed by atoms with Gasteiger partial charge in [-0.25, -0.2) is 18.7 Å². The van der Waals surface area contributed by atoms with Gasteiger partial charge in [0.05, 0.1) is 112 Å². The number of halogens is 1. The number of methoxy groups -OCH3 is 5. The number of benzene rings is 5. The van der Waals surface area contributed by atoms with Gasteiger partial charge in [-0.05, 0) is 128 Å². The SMILES string of the molecule is CC[C@H](C(=O)N1CCCC[C@H]1C(=O)O[C@@H](CCc1ccc(OC)c(OC)c1)c1cccc(OCC(=O)NCCOCCOCCOCCOCCC(=O)NCCOc2cccc(-n3cc(C4NC(=O)NC4=O)c(-c4ccc(F)cc4)n3)c2)c1)c1cc(OC)c(OC)c(OC)c1. The maximum atomic E-state index is 14.6. The topological polar surface area (TPSA) is 282 Å². The van der Waals surface area contributed by atoms with E-state index in [-0.39, 0.29) is 70.3 Å². The van der Waals surface area contributed by atoms with Crippen molar-refractivity contribution in [2.75, 3.05) is 121 Å². The lowest BCUT2D eigenvalue weighted by atomic mass is 9.91. The van der Waals surface area contributed by atoms with E-state index < -0.39 is 47.8 Å². The zero-order valence-electron chi connectivity index (χ0n) is 54.4. The number of hydrogen-bond acceptors (Lipinski definition) is 19. The Bertz CT molecular complexity index is 3490. The van der Waals surface area contributed by atoms with Crippen LogP contribution in [0, 0.1) is 5.82 Å². The van der Waals surface area contributed by atoms with E-state index in [1.165, 1.54) is 33.5 Å². The van der Waals surface area contributed by atoms with Gasteiger partial charge in [-0.3, -0.25) is 24.5 Å². The summed E-state index contributed by atoms with van der Waals surface area (Å²) >= 11 is 0. The molecule has 3 heterocycles. The monoisotopic (exact) mass is 1320 g/mol. The van der Waals surface area contributed by atoms with Crippen molar-refractivity contribution in [3.8, 4) is 57.2 Å². The highest BCUT2D eigenvalue weighted by atomic mass is 19.1. The average molecular weight is 1320 g/mol. The minimum absolute atomic E-state index is 0.144. The summed E-state index contributed by atoms with van der Waals surface area (Å²) in [5.41, 5.74) is 4.22.